The highest BCUT2D eigenvalue weighted by Gasteiger charge is 2.29. The third-order valence-electron chi connectivity index (χ3n) is 4.68. The van der Waals surface area contributed by atoms with Crippen molar-refractivity contribution in [2.75, 3.05) is 18.5 Å². The van der Waals surface area contributed by atoms with E-state index in [2.05, 4.69) is 74.9 Å². The van der Waals surface area contributed by atoms with Crippen LogP contribution in [0.15, 0.2) is 41.7 Å². The number of nitrogens with zero attached hydrogens (tertiary/aromatic N) is 5. The molecule has 134 valence electrons. The van der Waals surface area contributed by atoms with E-state index in [1.54, 1.807) is 13.4 Å². The molecule has 1 aliphatic heterocycles. The summed E-state index contributed by atoms with van der Waals surface area (Å²) in [5.41, 5.74) is 1.28. The lowest BCUT2D eigenvalue weighted by Crippen LogP contribution is -2.44. The van der Waals surface area contributed by atoms with Gasteiger partial charge in [0.1, 0.15) is 6.33 Å². The molecular weight excluding hydrogens is 314 g/mol. The van der Waals surface area contributed by atoms with Crippen molar-refractivity contribution in [1.29, 1.82) is 0 Å². The van der Waals surface area contributed by atoms with Crippen molar-refractivity contribution in [1.82, 2.24) is 25.4 Å². The molecule has 7 heteroatoms. The van der Waals surface area contributed by atoms with E-state index >= 15 is 0 Å². The number of nitrogens with one attached hydrogen (secondary N) is 2. The maximum absolute atomic E-state index is 4.35. The molecule has 7 nitrogen and oxygen atoms in total. The van der Waals surface area contributed by atoms with Crippen LogP contribution in [0.2, 0.25) is 0 Å². The molecule has 0 radical (unpaired) electrons. The van der Waals surface area contributed by atoms with Gasteiger partial charge in [-0.25, -0.2) is 0 Å². The minimum Gasteiger partial charge on any atom is -0.367 e. The number of aromatic nitrogens is 3. The number of para-hydroxylation sites is 1. The molecule has 0 bridgehead atoms. The highest BCUT2D eigenvalue weighted by atomic mass is 15.3. The molecular formula is C18H27N7. The van der Waals surface area contributed by atoms with Gasteiger partial charge in [0.25, 0.3) is 0 Å². The summed E-state index contributed by atoms with van der Waals surface area (Å²) in [5, 5.41) is 15.0. The summed E-state index contributed by atoms with van der Waals surface area (Å²) in [4.78, 5) is 6.79. The number of anilines is 1. The van der Waals surface area contributed by atoms with Crippen molar-refractivity contribution in [2.45, 2.75) is 45.4 Å². The standard InChI is InChI=1S/C18H27N7/c1-4-24-13-21-23-17(24)11-20-18(19-3)22-15-10-14(2)25(12-15)16-8-6-5-7-9-16/h5-9,13-15H,4,10-12H2,1-3H3,(H2,19,20,22). The molecule has 0 saturated carbocycles. The highest BCUT2D eigenvalue weighted by molar-refractivity contribution is 5.80. The van der Waals surface area contributed by atoms with Crippen LogP contribution in [-0.2, 0) is 13.1 Å². The Bertz CT molecular complexity index is 694. The minimum absolute atomic E-state index is 0.366. The van der Waals surface area contributed by atoms with Gasteiger partial charge in [0, 0.05) is 37.9 Å². The van der Waals surface area contributed by atoms with Gasteiger partial charge in [0.15, 0.2) is 11.8 Å². The van der Waals surface area contributed by atoms with Gasteiger partial charge in [0.2, 0.25) is 0 Å². The molecule has 1 aromatic heterocycles. The molecule has 1 saturated heterocycles. The van der Waals surface area contributed by atoms with Gasteiger partial charge in [-0.05, 0) is 32.4 Å². The van der Waals surface area contributed by atoms with E-state index in [1.807, 2.05) is 4.57 Å². The highest BCUT2D eigenvalue weighted by Crippen LogP contribution is 2.25. The molecule has 25 heavy (non-hydrogen) atoms. The van der Waals surface area contributed by atoms with Crippen molar-refractivity contribution in [3.8, 4) is 0 Å². The summed E-state index contributed by atoms with van der Waals surface area (Å²) in [5.74, 6) is 1.72. The molecule has 2 unspecified atom stereocenters. The summed E-state index contributed by atoms with van der Waals surface area (Å²) < 4.78 is 2.02. The van der Waals surface area contributed by atoms with Crippen molar-refractivity contribution in [2.24, 2.45) is 4.99 Å². The van der Waals surface area contributed by atoms with Gasteiger partial charge >= 0.3 is 0 Å². The summed E-state index contributed by atoms with van der Waals surface area (Å²) in [6, 6.07) is 11.4. The zero-order valence-corrected chi connectivity index (χ0v) is 15.2. The Morgan fingerprint density at radius 2 is 2.12 bits per heavy atom. The van der Waals surface area contributed by atoms with Crippen molar-refractivity contribution >= 4 is 11.6 Å². The zero-order chi connectivity index (χ0) is 17.6. The van der Waals surface area contributed by atoms with Crippen molar-refractivity contribution in [3.63, 3.8) is 0 Å². The predicted molar refractivity (Wildman–Crippen MR) is 101 cm³/mol. The van der Waals surface area contributed by atoms with Crippen LogP contribution in [0.4, 0.5) is 5.69 Å². The van der Waals surface area contributed by atoms with Crippen LogP contribution in [0.25, 0.3) is 0 Å². The quantitative estimate of drug-likeness (QED) is 0.639. The SMILES string of the molecule is CCn1cnnc1CNC(=NC)NC1CC(C)N(c2ccccc2)C1. The molecule has 2 heterocycles. The third kappa shape index (κ3) is 4.10. The first-order valence-corrected chi connectivity index (χ1v) is 8.86. The van der Waals surface area contributed by atoms with Gasteiger partial charge < -0.3 is 20.1 Å². The second-order valence-electron chi connectivity index (χ2n) is 6.37. The fourth-order valence-electron chi connectivity index (χ4n) is 3.35. The van der Waals surface area contributed by atoms with Crippen molar-refractivity contribution in [3.05, 3.63) is 42.5 Å². The summed E-state index contributed by atoms with van der Waals surface area (Å²) >= 11 is 0. The molecule has 0 spiro atoms. The van der Waals surface area contributed by atoms with Gasteiger partial charge in [0.05, 0.1) is 6.54 Å². The van der Waals surface area contributed by atoms with Gasteiger partial charge in [-0.3, -0.25) is 4.99 Å². The number of hydrogen-bond acceptors (Lipinski definition) is 4. The Hall–Kier alpha value is -2.57. The molecule has 2 N–H and O–H groups in total. The Balaban J connectivity index is 1.56. The molecule has 2 aromatic rings. The monoisotopic (exact) mass is 341 g/mol. The minimum atomic E-state index is 0.366. The molecule has 2 atom stereocenters. The van der Waals surface area contributed by atoms with Gasteiger partial charge in [-0.2, -0.15) is 0 Å². The van der Waals surface area contributed by atoms with E-state index in [0.717, 1.165) is 31.3 Å². The van der Waals surface area contributed by atoms with Gasteiger partial charge in [-0.15, -0.1) is 10.2 Å². The predicted octanol–water partition coefficient (Wildman–Crippen LogP) is 1.63. The fraction of sp³-hybridized carbons (Fsp3) is 0.500. The molecule has 1 aromatic carbocycles. The number of aryl methyl sites for hydroxylation is 1. The van der Waals surface area contributed by atoms with Crippen LogP contribution in [0.5, 0.6) is 0 Å². The second-order valence-corrected chi connectivity index (χ2v) is 6.37. The maximum Gasteiger partial charge on any atom is 0.191 e. The van der Waals surface area contributed by atoms with E-state index < -0.39 is 0 Å². The Kier molecular flexibility index (Phi) is 5.53. The van der Waals surface area contributed by atoms with Crippen LogP contribution in [0, 0.1) is 0 Å². The molecule has 0 amide bonds. The Morgan fingerprint density at radius 3 is 2.84 bits per heavy atom. The summed E-state index contributed by atoms with van der Waals surface area (Å²) in [7, 11) is 1.80. The number of aliphatic imine (C=N–C) groups is 1. The first kappa shape index (κ1) is 17.3. The van der Waals surface area contributed by atoms with Gasteiger partial charge in [-0.1, -0.05) is 18.2 Å². The Morgan fingerprint density at radius 1 is 1.32 bits per heavy atom. The average molecular weight is 341 g/mol. The van der Waals surface area contributed by atoms with Crippen LogP contribution < -0.4 is 15.5 Å². The first-order valence-electron chi connectivity index (χ1n) is 8.86. The lowest BCUT2D eigenvalue weighted by Gasteiger charge is -2.23. The maximum atomic E-state index is 4.35. The van der Waals surface area contributed by atoms with E-state index in [1.165, 1.54) is 5.69 Å². The largest absolute Gasteiger partial charge is 0.367 e. The smallest absolute Gasteiger partial charge is 0.191 e. The number of rotatable bonds is 5. The number of hydrogen-bond donors (Lipinski definition) is 2. The second kappa shape index (κ2) is 8.00. The molecule has 3 rings (SSSR count). The van der Waals surface area contributed by atoms with E-state index in [4.69, 9.17) is 0 Å². The first-order chi connectivity index (χ1) is 12.2. The van der Waals surface area contributed by atoms with Crippen LogP contribution in [0.1, 0.15) is 26.1 Å². The van der Waals surface area contributed by atoms with Crippen LogP contribution >= 0.6 is 0 Å². The third-order valence-corrected chi connectivity index (χ3v) is 4.68. The van der Waals surface area contributed by atoms with E-state index in [0.29, 0.717) is 18.6 Å². The zero-order valence-electron chi connectivity index (χ0n) is 15.2. The normalized spacial score (nSPS) is 20.8. The lowest BCUT2D eigenvalue weighted by molar-refractivity contribution is 0.614. The van der Waals surface area contributed by atoms with Crippen LogP contribution in [0.3, 0.4) is 0 Å². The van der Waals surface area contributed by atoms with E-state index in [-0.39, 0.29) is 0 Å². The van der Waals surface area contributed by atoms with Crippen LogP contribution in [-0.4, -0.2) is 46.4 Å². The summed E-state index contributed by atoms with van der Waals surface area (Å²) in [6.45, 7) is 6.80. The number of guanidine groups is 1. The Labute approximate surface area is 149 Å². The fourth-order valence-corrected chi connectivity index (χ4v) is 3.35. The topological polar surface area (TPSA) is 70.4 Å². The molecule has 0 aliphatic carbocycles. The average Bonchev–Trinajstić information content (AvgIpc) is 3.25. The molecule has 1 fully saturated rings. The molecule has 1 aliphatic rings. The van der Waals surface area contributed by atoms with E-state index in [9.17, 15) is 0 Å². The number of benzene rings is 1. The summed E-state index contributed by atoms with van der Waals surface area (Å²) in [6.07, 6.45) is 2.84. The lowest BCUT2D eigenvalue weighted by atomic mass is 10.2. The van der Waals surface area contributed by atoms with Crippen molar-refractivity contribution < 1.29 is 0 Å².